The van der Waals surface area contributed by atoms with Crippen molar-refractivity contribution in [1.82, 2.24) is 9.97 Å². The van der Waals surface area contributed by atoms with Crippen LogP contribution in [0.4, 0.5) is 0 Å². The molecule has 0 bridgehead atoms. The smallest absolute Gasteiger partial charge is 0.311 e. The van der Waals surface area contributed by atoms with E-state index < -0.39 is 5.97 Å². The molecule has 2 rings (SSSR count). The first-order valence-corrected chi connectivity index (χ1v) is 6.09. The molecule has 0 radical (unpaired) electrons. The van der Waals surface area contributed by atoms with E-state index in [1.165, 1.54) is 0 Å². The van der Waals surface area contributed by atoms with E-state index in [0.717, 1.165) is 28.1 Å². The van der Waals surface area contributed by atoms with Gasteiger partial charge in [0.1, 0.15) is 12.2 Å². The predicted octanol–water partition coefficient (Wildman–Crippen LogP) is 2.70. The Kier molecular flexibility index (Phi) is 3.60. The number of nitrogens with zero attached hydrogens (tertiary/aromatic N) is 2. The molecule has 0 fully saturated rings. The highest BCUT2D eigenvalue weighted by Gasteiger charge is 2.10. The number of rotatable bonds is 3. The third kappa shape index (κ3) is 3.16. The third-order valence-electron chi connectivity index (χ3n) is 2.88. The second-order valence-corrected chi connectivity index (χ2v) is 4.70. The minimum atomic E-state index is -0.919. The summed E-state index contributed by atoms with van der Waals surface area (Å²) in [6.07, 6.45) is -0.153. The van der Waals surface area contributed by atoms with Crippen molar-refractivity contribution in [3.63, 3.8) is 0 Å². The van der Waals surface area contributed by atoms with E-state index >= 15 is 0 Å². The van der Waals surface area contributed by atoms with Gasteiger partial charge in [-0.3, -0.25) is 4.79 Å². The summed E-state index contributed by atoms with van der Waals surface area (Å²) >= 11 is 0. The van der Waals surface area contributed by atoms with Crippen molar-refractivity contribution in [3.05, 3.63) is 46.9 Å². The third-order valence-corrected chi connectivity index (χ3v) is 2.88. The molecule has 0 spiro atoms. The fourth-order valence-corrected chi connectivity index (χ4v) is 1.99. The fourth-order valence-electron chi connectivity index (χ4n) is 1.99. The molecule has 0 amide bonds. The van der Waals surface area contributed by atoms with Crippen LogP contribution in [-0.4, -0.2) is 21.0 Å². The number of hydrogen-bond donors (Lipinski definition) is 1. The molecule has 4 nitrogen and oxygen atoms in total. The molecule has 1 N–H and O–H groups in total. The number of aliphatic carboxylic acids is 1. The Hall–Kier alpha value is -2.23. The van der Waals surface area contributed by atoms with Crippen LogP contribution >= 0.6 is 0 Å². The van der Waals surface area contributed by atoms with Crippen LogP contribution in [0.3, 0.4) is 0 Å². The molecule has 0 saturated carbocycles. The van der Waals surface area contributed by atoms with E-state index in [1.54, 1.807) is 0 Å². The lowest BCUT2D eigenvalue weighted by atomic mass is 10.0. The predicted molar refractivity (Wildman–Crippen MR) is 73.0 cm³/mol. The Morgan fingerprint density at radius 3 is 2.58 bits per heavy atom. The van der Waals surface area contributed by atoms with E-state index in [1.807, 2.05) is 39.0 Å². The number of benzene rings is 1. The van der Waals surface area contributed by atoms with Crippen molar-refractivity contribution in [3.8, 4) is 11.3 Å². The van der Waals surface area contributed by atoms with Gasteiger partial charge < -0.3 is 5.11 Å². The molecule has 19 heavy (non-hydrogen) atoms. The van der Waals surface area contributed by atoms with Crippen LogP contribution in [0.15, 0.2) is 24.3 Å². The topological polar surface area (TPSA) is 63.1 Å². The van der Waals surface area contributed by atoms with E-state index in [4.69, 9.17) is 5.11 Å². The van der Waals surface area contributed by atoms with Gasteiger partial charge in [-0.15, -0.1) is 0 Å². The van der Waals surface area contributed by atoms with Gasteiger partial charge >= 0.3 is 5.97 Å². The highest BCUT2D eigenvalue weighted by Crippen LogP contribution is 2.23. The number of aromatic nitrogens is 2. The molecule has 0 atom stereocenters. The number of carboxylic acid groups (broad SMARTS) is 1. The molecule has 0 aliphatic carbocycles. The van der Waals surface area contributed by atoms with E-state index in [2.05, 4.69) is 16.0 Å². The molecule has 1 heterocycles. The zero-order valence-electron chi connectivity index (χ0n) is 11.3. The summed E-state index contributed by atoms with van der Waals surface area (Å²) in [5.74, 6) is -0.569. The zero-order chi connectivity index (χ0) is 14.0. The molecule has 4 heteroatoms. The maximum Gasteiger partial charge on any atom is 0.311 e. The average molecular weight is 256 g/mol. The first kappa shape index (κ1) is 13.2. The molecule has 0 aliphatic heterocycles. The van der Waals surface area contributed by atoms with Crippen molar-refractivity contribution < 1.29 is 9.90 Å². The van der Waals surface area contributed by atoms with Gasteiger partial charge in [0, 0.05) is 11.3 Å². The van der Waals surface area contributed by atoms with E-state index in [0.29, 0.717) is 5.82 Å². The summed E-state index contributed by atoms with van der Waals surface area (Å²) in [5.41, 5.74) is 4.85. The quantitative estimate of drug-likeness (QED) is 0.917. The van der Waals surface area contributed by atoms with Gasteiger partial charge in [0.2, 0.25) is 0 Å². The molecular formula is C15H16N2O2. The monoisotopic (exact) mass is 256 g/mol. The Bertz CT molecular complexity index is 636. The highest BCUT2D eigenvalue weighted by atomic mass is 16.4. The Morgan fingerprint density at radius 1 is 1.16 bits per heavy atom. The van der Waals surface area contributed by atoms with Crippen molar-refractivity contribution >= 4 is 5.97 Å². The zero-order valence-corrected chi connectivity index (χ0v) is 11.3. The van der Waals surface area contributed by atoms with Gasteiger partial charge in [0.25, 0.3) is 0 Å². The largest absolute Gasteiger partial charge is 0.481 e. The maximum absolute atomic E-state index is 10.8. The first-order valence-electron chi connectivity index (χ1n) is 6.09. The van der Waals surface area contributed by atoms with Crippen LogP contribution in [0, 0.1) is 20.8 Å². The summed E-state index contributed by atoms with van der Waals surface area (Å²) in [5, 5.41) is 8.84. The molecule has 1 aromatic carbocycles. The van der Waals surface area contributed by atoms with Crippen molar-refractivity contribution in [2.24, 2.45) is 0 Å². The minimum Gasteiger partial charge on any atom is -0.481 e. The number of carboxylic acids is 1. The lowest BCUT2D eigenvalue weighted by Gasteiger charge is -2.09. The van der Waals surface area contributed by atoms with Crippen molar-refractivity contribution in [1.29, 1.82) is 0 Å². The Morgan fingerprint density at radius 2 is 1.89 bits per heavy atom. The lowest BCUT2D eigenvalue weighted by molar-refractivity contribution is -0.136. The summed E-state index contributed by atoms with van der Waals surface area (Å²) < 4.78 is 0. The van der Waals surface area contributed by atoms with Crippen molar-refractivity contribution in [2.45, 2.75) is 27.2 Å². The molecule has 0 aliphatic rings. The lowest BCUT2D eigenvalue weighted by Crippen LogP contribution is -2.07. The van der Waals surface area contributed by atoms with Crippen LogP contribution in [0.25, 0.3) is 11.3 Å². The summed E-state index contributed by atoms with van der Waals surface area (Å²) in [6.45, 7) is 5.89. The second-order valence-electron chi connectivity index (χ2n) is 4.70. The van der Waals surface area contributed by atoms with Gasteiger partial charge in [-0.05, 0) is 38.5 Å². The van der Waals surface area contributed by atoms with Crippen LogP contribution in [-0.2, 0) is 11.2 Å². The number of aryl methyl sites for hydroxylation is 3. The maximum atomic E-state index is 10.8. The summed E-state index contributed by atoms with van der Waals surface area (Å²) in [6, 6.07) is 8.03. The van der Waals surface area contributed by atoms with Crippen LogP contribution in [0.5, 0.6) is 0 Å². The Labute approximate surface area is 112 Å². The summed E-state index contributed by atoms with van der Waals surface area (Å²) in [4.78, 5) is 19.3. The van der Waals surface area contributed by atoms with Gasteiger partial charge in [0.05, 0.1) is 5.69 Å². The van der Waals surface area contributed by atoms with Gasteiger partial charge in [-0.2, -0.15) is 0 Å². The van der Waals surface area contributed by atoms with Gasteiger partial charge in [-0.1, -0.05) is 17.7 Å². The molecule has 2 aromatic rings. The fraction of sp³-hybridized carbons (Fsp3) is 0.267. The molecule has 1 aromatic heterocycles. The molecular weight excluding hydrogens is 240 g/mol. The van der Waals surface area contributed by atoms with Crippen LogP contribution in [0.2, 0.25) is 0 Å². The average Bonchev–Trinajstić information content (AvgIpc) is 2.30. The molecule has 98 valence electrons. The second kappa shape index (κ2) is 5.18. The summed E-state index contributed by atoms with van der Waals surface area (Å²) in [7, 11) is 0. The van der Waals surface area contributed by atoms with Crippen LogP contribution < -0.4 is 0 Å². The number of carbonyl (C=O) groups is 1. The normalized spacial score (nSPS) is 10.5. The van der Waals surface area contributed by atoms with Gasteiger partial charge in [0.15, 0.2) is 0 Å². The Balaban J connectivity index is 2.52. The SMILES string of the molecule is Cc1ccc(C)c(-c2cc(C)nc(CC(=O)O)n2)c1. The van der Waals surface area contributed by atoms with Crippen LogP contribution in [0.1, 0.15) is 22.6 Å². The minimum absolute atomic E-state index is 0.153. The highest BCUT2D eigenvalue weighted by molar-refractivity contribution is 5.70. The molecule has 0 unspecified atom stereocenters. The standard InChI is InChI=1S/C15H16N2O2/c1-9-4-5-10(2)12(6-9)13-7-11(3)16-14(17-13)8-15(18)19/h4-7H,8H2,1-3H3,(H,18,19). The molecule has 0 saturated heterocycles. The van der Waals surface area contributed by atoms with E-state index in [-0.39, 0.29) is 6.42 Å². The van der Waals surface area contributed by atoms with Gasteiger partial charge in [-0.25, -0.2) is 9.97 Å². The van der Waals surface area contributed by atoms with E-state index in [9.17, 15) is 4.79 Å². The van der Waals surface area contributed by atoms with Crippen molar-refractivity contribution in [2.75, 3.05) is 0 Å². The number of hydrogen-bond acceptors (Lipinski definition) is 3. The first-order chi connectivity index (χ1) is 8.95.